The molecule has 4 heteroatoms. The number of carbonyl (C=O) groups is 1. The molecule has 1 aromatic carbocycles. The molecule has 0 aromatic heterocycles. The van der Waals surface area contributed by atoms with E-state index in [9.17, 15) is 4.79 Å². The maximum atomic E-state index is 11.3. The minimum Gasteiger partial charge on any atom is -0.397 e. The third kappa shape index (κ3) is 1.11. The van der Waals surface area contributed by atoms with E-state index in [4.69, 9.17) is 5.73 Å². The normalized spacial score (nSPS) is 15.2. The summed E-state index contributed by atoms with van der Waals surface area (Å²) in [5, 5.41) is 3.01. The molecule has 0 bridgehead atoms. The zero-order valence-electron chi connectivity index (χ0n) is 7.37. The van der Waals surface area contributed by atoms with Crippen molar-refractivity contribution in [2.24, 2.45) is 0 Å². The summed E-state index contributed by atoms with van der Waals surface area (Å²) in [6.07, 6.45) is 0. The van der Waals surface area contributed by atoms with Crippen molar-refractivity contribution in [2.45, 2.75) is 0 Å². The number of fused-ring (bicyclic) bond motifs is 1. The zero-order chi connectivity index (χ0) is 9.42. The number of amides is 1. The summed E-state index contributed by atoms with van der Waals surface area (Å²) in [5.74, 6) is 0.0328. The number of rotatable bonds is 0. The molecule has 13 heavy (non-hydrogen) atoms. The van der Waals surface area contributed by atoms with Crippen LogP contribution >= 0.6 is 0 Å². The van der Waals surface area contributed by atoms with Crippen molar-refractivity contribution in [3.8, 4) is 0 Å². The van der Waals surface area contributed by atoms with E-state index < -0.39 is 0 Å². The van der Waals surface area contributed by atoms with E-state index in [2.05, 4.69) is 5.32 Å². The Hall–Kier alpha value is -1.71. The van der Waals surface area contributed by atoms with E-state index in [0.29, 0.717) is 12.2 Å². The van der Waals surface area contributed by atoms with Crippen LogP contribution in [0.2, 0.25) is 0 Å². The van der Waals surface area contributed by atoms with Gasteiger partial charge in [0.25, 0.3) is 0 Å². The van der Waals surface area contributed by atoms with E-state index >= 15 is 0 Å². The topological polar surface area (TPSA) is 58.4 Å². The predicted molar refractivity (Wildman–Crippen MR) is 52.8 cm³/mol. The fourth-order valence-electron chi connectivity index (χ4n) is 1.49. The van der Waals surface area contributed by atoms with Gasteiger partial charge in [-0.3, -0.25) is 4.79 Å². The molecule has 2 rings (SSSR count). The van der Waals surface area contributed by atoms with Crippen molar-refractivity contribution in [3.63, 3.8) is 0 Å². The second-order valence-corrected chi connectivity index (χ2v) is 3.05. The predicted octanol–water partition coefficient (Wildman–Crippen LogP) is 0.657. The van der Waals surface area contributed by atoms with Crippen LogP contribution in [-0.4, -0.2) is 19.5 Å². The summed E-state index contributed by atoms with van der Waals surface area (Å²) >= 11 is 0. The SMILES string of the molecule is CN1C(=O)CNc2cccc(N)c21. The van der Waals surface area contributed by atoms with Gasteiger partial charge in [0, 0.05) is 7.05 Å². The molecule has 0 atom stereocenters. The lowest BCUT2D eigenvalue weighted by Crippen LogP contribution is -2.37. The summed E-state index contributed by atoms with van der Waals surface area (Å²) in [6.45, 7) is 0.340. The van der Waals surface area contributed by atoms with E-state index in [-0.39, 0.29) is 5.91 Å². The monoisotopic (exact) mass is 177 g/mol. The molecule has 1 aromatic rings. The third-order valence-electron chi connectivity index (χ3n) is 2.21. The molecule has 0 radical (unpaired) electrons. The van der Waals surface area contributed by atoms with Gasteiger partial charge in [0.1, 0.15) is 0 Å². The van der Waals surface area contributed by atoms with Crippen molar-refractivity contribution in [1.82, 2.24) is 0 Å². The van der Waals surface area contributed by atoms with Gasteiger partial charge in [0.05, 0.1) is 23.6 Å². The second-order valence-electron chi connectivity index (χ2n) is 3.05. The lowest BCUT2D eigenvalue weighted by atomic mass is 10.1. The van der Waals surface area contributed by atoms with Gasteiger partial charge < -0.3 is 16.0 Å². The van der Waals surface area contributed by atoms with Gasteiger partial charge in [0.15, 0.2) is 0 Å². The molecule has 0 saturated carbocycles. The standard InChI is InChI=1S/C9H11N3O/c1-12-8(13)5-11-7-4-2-3-6(10)9(7)12/h2-4,11H,5,10H2,1H3. The molecule has 0 spiro atoms. The minimum atomic E-state index is 0.0328. The maximum Gasteiger partial charge on any atom is 0.246 e. The van der Waals surface area contributed by atoms with Gasteiger partial charge in [-0.2, -0.15) is 0 Å². The van der Waals surface area contributed by atoms with E-state index in [1.54, 1.807) is 18.0 Å². The molecule has 1 heterocycles. The summed E-state index contributed by atoms with van der Waals surface area (Å²) in [4.78, 5) is 12.9. The number of para-hydroxylation sites is 1. The number of nitrogens with one attached hydrogen (secondary N) is 1. The Morgan fingerprint density at radius 2 is 2.31 bits per heavy atom. The Labute approximate surface area is 76.3 Å². The molecule has 4 nitrogen and oxygen atoms in total. The van der Waals surface area contributed by atoms with Crippen molar-refractivity contribution in [3.05, 3.63) is 18.2 Å². The summed E-state index contributed by atoms with van der Waals surface area (Å²) in [5.41, 5.74) is 8.08. The van der Waals surface area contributed by atoms with Crippen molar-refractivity contribution < 1.29 is 4.79 Å². The van der Waals surface area contributed by atoms with Gasteiger partial charge in [-0.25, -0.2) is 0 Å². The van der Waals surface area contributed by atoms with Crippen LogP contribution in [0.15, 0.2) is 18.2 Å². The first-order valence-electron chi connectivity index (χ1n) is 4.09. The fraction of sp³-hybridized carbons (Fsp3) is 0.222. The highest BCUT2D eigenvalue weighted by atomic mass is 16.2. The highest BCUT2D eigenvalue weighted by Crippen LogP contribution is 2.33. The lowest BCUT2D eigenvalue weighted by Gasteiger charge is -2.27. The molecule has 1 amide bonds. The molecule has 0 fully saturated rings. The molecule has 1 aliphatic heterocycles. The van der Waals surface area contributed by atoms with Crippen LogP contribution in [0.4, 0.5) is 17.1 Å². The first kappa shape index (κ1) is 7.91. The first-order chi connectivity index (χ1) is 6.20. The van der Waals surface area contributed by atoms with Crippen molar-refractivity contribution in [2.75, 3.05) is 29.5 Å². The van der Waals surface area contributed by atoms with Crippen molar-refractivity contribution >= 4 is 23.0 Å². The molecule has 0 aliphatic carbocycles. The molecular weight excluding hydrogens is 166 g/mol. The number of nitrogens with two attached hydrogens (primary N) is 1. The average Bonchev–Trinajstić information content (AvgIpc) is 2.12. The Morgan fingerprint density at radius 3 is 3.08 bits per heavy atom. The van der Waals surface area contributed by atoms with Gasteiger partial charge in [-0.15, -0.1) is 0 Å². The quantitative estimate of drug-likeness (QED) is 0.572. The van der Waals surface area contributed by atoms with Crippen LogP contribution < -0.4 is 16.0 Å². The average molecular weight is 177 g/mol. The molecule has 0 saturated heterocycles. The molecule has 1 aliphatic rings. The number of anilines is 3. The fourth-order valence-corrected chi connectivity index (χ4v) is 1.49. The largest absolute Gasteiger partial charge is 0.397 e. The number of benzene rings is 1. The van der Waals surface area contributed by atoms with Crippen molar-refractivity contribution in [1.29, 1.82) is 0 Å². The number of hydrogen-bond acceptors (Lipinski definition) is 3. The summed E-state index contributed by atoms with van der Waals surface area (Å²) < 4.78 is 0. The van der Waals surface area contributed by atoms with Crippen LogP contribution in [-0.2, 0) is 4.79 Å². The van der Waals surface area contributed by atoms with Gasteiger partial charge in [0.2, 0.25) is 5.91 Å². The highest BCUT2D eigenvalue weighted by molar-refractivity contribution is 6.05. The van der Waals surface area contributed by atoms with Gasteiger partial charge >= 0.3 is 0 Å². The van der Waals surface area contributed by atoms with E-state index in [1.165, 1.54) is 0 Å². The highest BCUT2D eigenvalue weighted by Gasteiger charge is 2.21. The Balaban J connectivity index is 2.57. The summed E-state index contributed by atoms with van der Waals surface area (Å²) in [7, 11) is 1.73. The number of carbonyl (C=O) groups excluding carboxylic acids is 1. The van der Waals surface area contributed by atoms with Gasteiger partial charge in [-0.05, 0) is 12.1 Å². The smallest absolute Gasteiger partial charge is 0.246 e. The van der Waals surface area contributed by atoms with Crippen LogP contribution in [0.3, 0.4) is 0 Å². The molecule has 68 valence electrons. The number of nitrogen functional groups attached to an aromatic ring is 1. The van der Waals surface area contributed by atoms with E-state index in [0.717, 1.165) is 11.4 Å². The van der Waals surface area contributed by atoms with Crippen LogP contribution in [0.25, 0.3) is 0 Å². The lowest BCUT2D eigenvalue weighted by molar-refractivity contribution is -0.116. The van der Waals surface area contributed by atoms with E-state index in [1.807, 2.05) is 12.1 Å². The van der Waals surface area contributed by atoms with Crippen LogP contribution in [0.1, 0.15) is 0 Å². The van der Waals surface area contributed by atoms with Crippen LogP contribution in [0, 0.1) is 0 Å². The Morgan fingerprint density at radius 1 is 1.54 bits per heavy atom. The molecule has 0 unspecified atom stereocenters. The van der Waals surface area contributed by atoms with Crippen LogP contribution in [0.5, 0.6) is 0 Å². The third-order valence-corrected chi connectivity index (χ3v) is 2.21. The second kappa shape index (κ2) is 2.65. The van der Waals surface area contributed by atoms with Gasteiger partial charge in [-0.1, -0.05) is 6.07 Å². The molecular formula is C9H11N3O. The summed E-state index contributed by atoms with van der Waals surface area (Å²) in [6, 6.07) is 5.56. The Kier molecular flexibility index (Phi) is 1.62. The number of nitrogens with zero attached hydrogens (tertiary/aromatic N) is 1. The maximum absolute atomic E-state index is 11.3. The number of hydrogen-bond donors (Lipinski definition) is 2. The minimum absolute atomic E-state index is 0.0328. The first-order valence-corrected chi connectivity index (χ1v) is 4.09. The molecule has 3 N–H and O–H groups in total. The number of likely N-dealkylation sites (N-methyl/N-ethyl adjacent to an activating group) is 1. The zero-order valence-corrected chi connectivity index (χ0v) is 7.37. The Bertz CT molecular complexity index is 362.